The molecule has 0 amide bonds. The Balaban J connectivity index is 2.35. The second-order valence-corrected chi connectivity index (χ2v) is 6.71. The minimum absolute atomic E-state index is 0.0742. The molecule has 132 valence electrons. The number of allylic oxidation sites excluding steroid dienone is 1. The van der Waals surface area contributed by atoms with Crippen molar-refractivity contribution in [2.45, 2.75) is 38.1 Å². The highest BCUT2D eigenvalue weighted by Gasteiger charge is 2.29. The van der Waals surface area contributed by atoms with E-state index >= 15 is 0 Å². The van der Waals surface area contributed by atoms with Crippen LogP contribution in [0, 0.1) is 5.82 Å². The van der Waals surface area contributed by atoms with Gasteiger partial charge < -0.3 is 4.74 Å². The van der Waals surface area contributed by atoms with Crippen molar-refractivity contribution in [3.63, 3.8) is 0 Å². The fourth-order valence-corrected chi connectivity index (χ4v) is 3.97. The molecule has 8 heteroatoms. The average molecular weight is 376 g/mol. The SMILES string of the molecule is O=COCCC1=CCCCCC1N(c1ccc(F)cc1Cl)S(=O)O. The molecule has 0 bridgehead atoms. The van der Waals surface area contributed by atoms with Gasteiger partial charge in [0.2, 0.25) is 0 Å². The summed E-state index contributed by atoms with van der Waals surface area (Å²) in [5, 5.41) is 0.0742. The Morgan fingerprint density at radius 2 is 2.25 bits per heavy atom. The summed E-state index contributed by atoms with van der Waals surface area (Å²) in [6.07, 6.45) is 5.85. The molecule has 0 aliphatic heterocycles. The van der Waals surface area contributed by atoms with Gasteiger partial charge in [-0.15, -0.1) is 0 Å². The van der Waals surface area contributed by atoms with Crippen LogP contribution in [-0.2, 0) is 20.8 Å². The molecule has 1 aliphatic carbocycles. The molecule has 0 aromatic heterocycles. The summed E-state index contributed by atoms with van der Waals surface area (Å²) in [5.74, 6) is -0.511. The Morgan fingerprint density at radius 3 is 2.92 bits per heavy atom. The van der Waals surface area contributed by atoms with Gasteiger partial charge in [0, 0.05) is 6.42 Å². The quantitative estimate of drug-likeness (QED) is 0.340. The zero-order chi connectivity index (χ0) is 17.5. The molecular formula is C16H19ClFNO4S. The predicted molar refractivity (Wildman–Crippen MR) is 91.6 cm³/mol. The lowest BCUT2D eigenvalue weighted by atomic mass is 10.0. The summed E-state index contributed by atoms with van der Waals surface area (Å²) < 4.78 is 41.2. The van der Waals surface area contributed by atoms with Crippen LogP contribution in [0.25, 0.3) is 0 Å². The zero-order valence-electron chi connectivity index (χ0n) is 13.0. The standard InChI is InChI=1S/C16H19ClFNO4S/c17-14-10-13(18)6-7-16(14)19(24(21)22)15-5-3-1-2-4-12(15)8-9-23-11-20/h4,6-7,10-11,15H,1-3,5,8-9H2,(H,21,22). The Kier molecular flexibility index (Phi) is 7.20. The number of carbonyl (C=O) groups is 1. The maximum absolute atomic E-state index is 13.3. The van der Waals surface area contributed by atoms with Crippen LogP contribution in [0.5, 0.6) is 0 Å². The molecule has 1 aromatic rings. The second kappa shape index (κ2) is 9.15. The van der Waals surface area contributed by atoms with Gasteiger partial charge >= 0.3 is 0 Å². The first-order valence-corrected chi connectivity index (χ1v) is 9.08. The van der Waals surface area contributed by atoms with Gasteiger partial charge in [-0.05, 0) is 43.0 Å². The average Bonchev–Trinajstić information content (AvgIpc) is 2.76. The molecule has 0 saturated carbocycles. The monoisotopic (exact) mass is 375 g/mol. The van der Waals surface area contributed by atoms with E-state index in [1.54, 1.807) is 0 Å². The van der Waals surface area contributed by atoms with Crippen molar-refractivity contribution in [2.24, 2.45) is 0 Å². The van der Waals surface area contributed by atoms with Gasteiger partial charge in [0.1, 0.15) is 5.82 Å². The fraction of sp³-hybridized carbons (Fsp3) is 0.438. The van der Waals surface area contributed by atoms with Gasteiger partial charge in [-0.3, -0.25) is 13.7 Å². The third-order valence-corrected chi connectivity index (χ3v) is 5.03. The lowest BCUT2D eigenvalue weighted by Gasteiger charge is -2.32. The summed E-state index contributed by atoms with van der Waals surface area (Å²) in [5.41, 5.74) is 1.21. The molecule has 1 aliphatic rings. The number of anilines is 1. The number of ether oxygens (including phenoxy) is 1. The Morgan fingerprint density at radius 1 is 1.46 bits per heavy atom. The van der Waals surface area contributed by atoms with E-state index in [0.717, 1.165) is 30.9 Å². The first-order chi connectivity index (χ1) is 11.5. The van der Waals surface area contributed by atoms with Crippen LogP contribution in [0.1, 0.15) is 32.1 Å². The van der Waals surface area contributed by atoms with Gasteiger partial charge in [-0.2, -0.15) is 0 Å². The number of benzene rings is 1. The number of carbonyl (C=O) groups excluding carboxylic acids is 1. The van der Waals surface area contributed by atoms with Crippen molar-refractivity contribution >= 4 is 35.0 Å². The second-order valence-electron chi connectivity index (χ2n) is 5.45. The number of nitrogens with zero attached hydrogens (tertiary/aromatic N) is 1. The van der Waals surface area contributed by atoms with Crippen LogP contribution in [0.15, 0.2) is 29.8 Å². The molecule has 0 radical (unpaired) electrons. The zero-order valence-corrected chi connectivity index (χ0v) is 14.6. The van der Waals surface area contributed by atoms with Crippen molar-refractivity contribution in [2.75, 3.05) is 10.9 Å². The highest BCUT2D eigenvalue weighted by Crippen LogP contribution is 2.34. The van der Waals surface area contributed by atoms with Crippen molar-refractivity contribution in [3.05, 3.63) is 40.7 Å². The van der Waals surface area contributed by atoms with Crippen LogP contribution < -0.4 is 4.31 Å². The third-order valence-electron chi connectivity index (χ3n) is 3.94. The van der Waals surface area contributed by atoms with E-state index in [4.69, 9.17) is 16.3 Å². The van der Waals surface area contributed by atoms with Gasteiger partial charge in [0.15, 0.2) is 0 Å². The smallest absolute Gasteiger partial charge is 0.293 e. The van der Waals surface area contributed by atoms with Gasteiger partial charge in [-0.1, -0.05) is 24.1 Å². The molecule has 1 aromatic carbocycles. The predicted octanol–water partition coefficient (Wildman–Crippen LogP) is 3.85. The highest BCUT2D eigenvalue weighted by atomic mass is 35.5. The Bertz CT molecular complexity index is 641. The number of halogens is 2. The third kappa shape index (κ3) is 4.78. The van der Waals surface area contributed by atoms with Crippen molar-refractivity contribution in [1.82, 2.24) is 0 Å². The molecule has 5 nitrogen and oxygen atoms in total. The summed E-state index contributed by atoms with van der Waals surface area (Å²) >= 11 is 3.76. The summed E-state index contributed by atoms with van der Waals surface area (Å²) in [6.45, 7) is 0.583. The van der Waals surface area contributed by atoms with Crippen LogP contribution >= 0.6 is 11.6 Å². The molecule has 0 saturated heterocycles. The molecule has 2 atom stereocenters. The molecular weight excluding hydrogens is 357 g/mol. The minimum Gasteiger partial charge on any atom is -0.468 e. The van der Waals surface area contributed by atoms with E-state index in [1.165, 1.54) is 16.4 Å². The molecule has 0 heterocycles. The van der Waals surface area contributed by atoms with Crippen LogP contribution in [0.4, 0.5) is 10.1 Å². The minimum atomic E-state index is -2.33. The van der Waals surface area contributed by atoms with E-state index < -0.39 is 17.1 Å². The molecule has 24 heavy (non-hydrogen) atoms. The van der Waals surface area contributed by atoms with Crippen LogP contribution in [-0.4, -0.2) is 27.9 Å². The lowest BCUT2D eigenvalue weighted by Crippen LogP contribution is -2.38. The molecule has 1 N–H and O–H groups in total. The summed E-state index contributed by atoms with van der Waals surface area (Å²) in [7, 11) is 0. The number of hydrogen-bond donors (Lipinski definition) is 1. The normalized spacial score (nSPS) is 19.1. The van der Waals surface area contributed by atoms with Gasteiger partial charge in [0.25, 0.3) is 17.7 Å². The largest absolute Gasteiger partial charge is 0.468 e. The maximum atomic E-state index is 13.3. The fourth-order valence-electron chi connectivity index (χ4n) is 2.87. The molecule has 0 spiro atoms. The van der Waals surface area contributed by atoms with E-state index in [-0.39, 0.29) is 17.7 Å². The Hall–Kier alpha value is -1.44. The van der Waals surface area contributed by atoms with Crippen LogP contribution in [0.3, 0.4) is 0 Å². The Labute approximate surface area is 147 Å². The topological polar surface area (TPSA) is 66.8 Å². The molecule has 0 fully saturated rings. The maximum Gasteiger partial charge on any atom is 0.293 e. The lowest BCUT2D eigenvalue weighted by molar-refractivity contribution is -0.128. The van der Waals surface area contributed by atoms with Crippen LogP contribution in [0.2, 0.25) is 5.02 Å². The van der Waals surface area contributed by atoms with E-state index in [1.807, 2.05) is 6.08 Å². The number of rotatable bonds is 7. The first-order valence-electron chi connectivity index (χ1n) is 7.64. The number of hydrogen-bond acceptors (Lipinski definition) is 3. The van der Waals surface area contributed by atoms with E-state index in [9.17, 15) is 17.9 Å². The molecule has 2 rings (SSSR count). The summed E-state index contributed by atoms with van der Waals surface area (Å²) in [4.78, 5) is 10.3. The highest BCUT2D eigenvalue weighted by molar-refractivity contribution is 7.80. The van der Waals surface area contributed by atoms with Crippen molar-refractivity contribution < 1.29 is 22.7 Å². The summed E-state index contributed by atoms with van der Waals surface area (Å²) in [6, 6.07) is 3.36. The van der Waals surface area contributed by atoms with Gasteiger partial charge in [-0.25, -0.2) is 8.60 Å². The van der Waals surface area contributed by atoms with Crippen molar-refractivity contribution in [3.8, 4) is 0 Å². The van der Waals surface area contributed by atoms with E-state index in [0.29, 0.717) is 25.0 Å². The van der Waals surface area contributed by atoms with Crippen molar-refractivity contribution in [1.29, 1.82) is 0 Å². The van der Waals surface area contributed by atoms with Gasteiger partial charge in [0.05, 0.1) is 23.4 Å². The molecule has 2 unspecified atom stereocenters. The van der Waals surface area contributed by atoms with E-state index in [2.05, 4.69) is 0 Å². The first kappa shape index (κ1) is 18.9.